The summed E-state index contributed by atoms with van der Waals surface area (Å²) in [6.07, 6.45) is 1.06. The molecule has 1 heterocycles. The number of carboxylic acids is 1. The van der Waals surface area contributed by atoms with E-state index in [2.05, 4.69) is 17.6 Å². The van der Waals surface area contributed by atoms with Crippen LogP contribution in [-0.4, -0.2) is 36.2 Å². The summed E-state index contributed by atoms with van der Waals surface area (Å²) in [5.74, 6) is -0.750. The molecule has 0 aliphatic carbocycles. The van der Waals surface area contributed by atoms with Gasteiger partial charge in [-0.25, -0.2) is 0 Å². The van der Waals surface area contributed by atoms with E-state index in [-0.39, 0.29) is 5.54 Å². The van der Waals surface area contributed by atoms with Crippen LogP contribution >= 0.6 is 0 Å². The van der Waals surface area contributed by atoms with Crippen LogP contribution in [0.1, 0.15) is 27.2 Å². The van der Waals surface area contributed by atoms with E-state index >= 15 is 0 Å². The molecule has 4 nitrogen and oxygen atoms in total. The van der Waals surface area contributed by atoms with Crippen molar-refractivity contribution in [1.82, 2.24) is 10.6 Å². The van der Waals surface area contributed by atoms with Gasteiger partial charge in [0.1, 0.15) is 0 Å². The van der Waals surface area contributed by atoms with E-state index in [9.17, 15) is 4.79 Å². The standard InChI is InChI=1S/C10H20N2O2/c1-9(2,8(13)14)6-12-10(3)4-5-11-7-10/h11-12H,4-7H2,1-3H3,(H,13,14). The molecule has 4 heteroatoms. The number of hydrogen-bond acceptors (Lipinski definition) is 3. The van der Waals surface area contributed by atoms with E-state index in [4.69, 9.17) is 5.11 Å². The summed E-state index contributed by atoms with van der Waals surface area (Å²) in [7, 11) is 0. The van der Waals surface area contributed by atoms with Crippen molar-refractivity contribution in [3.63, 3.8) is 0 Å². The largest absolute Gasteiger partial charge is 0.481 e. The van der Waals surface area contributed by atoms with E-state index in [1.54, 1.807) is 13.8 Å². The van der Waals surface area contributed by atoms with Crippen molar-refractivity contribution in [3.05, 3.63) is 0 Å². The van der Waals surface area contributed by atoms with Crippen molar-refractivity contribution >= 4 is 5.97 Å². The average Bonchev–Trinajstić information content (AvgIpc) is 2.50. The molecule has 0 aromatic rings. The molecule has 0 amide bonds. The number of nitrogens with one attached hydrogen (secondary N) is 2. The molecule has 0 bridgehead atoms. The van der Waals surface area contributed by atoms with Gasteiger partial charge >= 0.3 is 5.97 Å². The van der Waals surface area contributed by atoms with Crippen molar-refractivity contribution in [2.45, 2.75) is 32.7 Å². The first-order valence-electron chi connectivity index (χ1n) is 5.05. The Kier molecular flexibility index (Phi) is 3.17. The zero-order valence-corrected chi connectivity index (χ0v) is 9.18. The van der Waals surface area contributed by atoms with Crippen LogP contribution in [0.3, 0.4) is 0 Å². The van der Waals surface area contributed by atoms with Crippen LogP contribution in [0.15, 0.2) is 0 Å². The van der Waals surface area contributed by atoms with E-state index in [1.807, 2.05) is 0 Å². The number of carboxylic acid groups (broad SMARTS) is 1. The highest BCUT2D eigenvalue weighted by Crippen LogP contribution is 2.18. The van der Waals surface area contributed by atoms with Crippen LogP contribution in [0.4, 0.5) is 0 Å². The van der Waals surface area contributed by atoms with Gasteiger partial charge in [0.15, 0.2) is 0 Å². The summed E-state index contributed by atoms with van der Waals surface area (Å²) in [4.78, 5) is 10.9. The first kappa shape index (κ1) is 11.5. The van der Waals surface area contributed by atoms with E-state index in [1.165, 1.54) is 0 Å². The molecular formula is C10H20N2O2. The normalized spacial score (nSPS) is 27.9. The fourth-order valence-corrected chi connectivity index (χ4v) is 1.48. The minimum absolute atomic E-state index is 0.0622. The molecule has 82 valence electrons. The molecule has 0 aromatic carbocycles. The lowest BCUT2D eigenvalue weighted by Gasteiger charge is -2.29. The van der Waals surface area contributed by atoms with Crippen molar-refractivity contribution in [1.29, 1.82) is 0 Å². The zero-order valence-electron chi connectivity index (χ0n) is 9.18. The number of aliphatic carboxylic acids is 1. The smallest absolute Gasteiger partial charge is 0.310 e. The highest BCUT2D eigenvalue weighted by molar-refractivity contribution is 5.73. The zero-order chi connectivity index (χ0) is 10.8. The second kappa shape index (κ2) is 3.87. The third-order valence-electron chi connectivity index (χ3n) is 2.90. The van der Waals surface area contributed by atoms with Crippen LogP contribution in [0, 0.1) is 5.41 Å². The minimum Gasteiger partial charge on any atom is -0.481 e. The lowest BCUT2D eigenvalue weighted by Crippen LogP contribution is -2.49. The molecule has 0 spiro atoms. The summed E-state index contributed by atoms with van der Waals surface area (Å²) in [5, 5.41) is 15.5. The Balaban J connectivity index is 2.43. The second-order valence-electron chi connectivity index (χ2n) is 5.03. The summed E-state index contributed by atoms with van der Waals surface area (Å²) in [6, 6.07) is 0. The topological polar surface area (TPSA) is 61.4 Å². The van der Waals surface area contributed by atoms with Gasteiger partial charge in [-0.2, -0.15) is 0 Å². The lowest BCUT2D eigenvalue weighted by atomic mass is 9.91. The van der Waals surface area contributed by atoms with Gasteiger partial charge in [-0.15, -0.1) is 0 Å². The van der Waals surface area contributed by atoms with Gasteiger partial charge in [0.05, 0.1) is 5.41 Å². The van der Waals surface area contributed by atoms with E-state index in [0.717, 1.165) is 19.5 Å². The average molecular weight is 200 g/mol. The SMILES string of the molecule is CC1(NCC(C)(C)C(=O)O)CCNC1. The molecule has 0 aromatic heterocycles. The molecule has 1 rings (SSSR count). The van der Waals surface area contributed by atoms with Gasteiger partial charge in [0.25, 0.3) is 0 Å². The third-order valence-corrected chi connectivity index (χ3v) is 2.90. The van der Waals surface area contributed by atoms with Gasteiger partial charge < -0.3 is 15.7 Å². The van der Waals surface area contributed by atoms with Crippen molar-refractivity contribution in [2.75, 3.05) is 19.6 Å². The first-order chi connectivity index (χ1) is 6.36. The van der Waals surface area contributed by atoms with Crippen LogP contribution in [-0.2, 0) is 4.79 Å². The minimum atomic E-state index is -0.750. The predicted octanol–water partition coefficient (Wildman–Crippen LogP) is 0.439. The molecule has 14 heavy (non-hydrogen) atoms. The maximum atomic E-state index is 10.9. The first-order valence-corrected chi connectivity index (χ1v) is 5.05. The van der Waals surface area contributed by atoms with Crippen LogP contribution < -0.4 is 10.6 Å². The Bertz CT molecular complexity index is 220. The van der Waals surface area contributed by atoms with E-state index < -0.39 is 11.4 Å². The summed E-state index contributed by atoms with van der Waals surface area (Å²) in [5.41, 5.74) is -0.627. The quantitative estimate of drug-likeness (QED) is 0.616. The fourth-order valence-electron chi connectivity index (χ4n) is 1.48. The van der Waals surface area contributed by atoms with Crippen molar-refractivity contribution < 1.29 is 9.90 Å². The molecule has 0 radical (unpaired) electrons. The summed E-state index contributed by atoms with van der Waals surface area (Å²) < 4.78 is 0. The van der Waals surface area contributed by atoms with E-state index in [0.29, 0.717) is 6.54 Å². The molecule has 1 atom stereocenters. The molecule has 1 saturated heterocycles. The van der Waals surface area contributed by atoms with Crippen LogP contribution in [0.2, 0.25) is 0 Å². The fraction of sp³-hybridized carbons (Fsp3) is 0.900. The van der Waals surface area contributed by atoms with Crippen molar-refractivity contribution in [2.24, 2.45) is 5.41 Å². The molecule has 3 N–H and O–H groups in total. The number of carbonyl (C=O) groups is 1. The predicted molar refractivity (Wildman–Crippen MR) is 55.3 cm³/mol. The van der Waals surface area contributed by atoms with Gasteiger partial charge in [0.2, 0.25) is 0 Å². The highest BCUT2D eigenvalue weighted by Gasteiger charge is 2.33. The molecule has 1 aliphatic heterocycles. The maximum Gasteiger partial charge on any atom is 0.310 e. The molecule has 0 saturated carbocycles. The van der Waals surface area contributed by atoms with Crippen LogP contribution in [0.25, 0.3) is 0 Å². The highest BCUT2D eigenvalue weighted by atomic mass is 16.4. The summed E-state index contributed by atoms with van der Waals surface area (Å²) in [6.45, 7) is 8.06. The maximum absolute atomic E-state index is 10.9. The molecule has 1 aliphatic rings. The number of rotatable bonds is 4. The Hall–Kier alpha value is -0.610. The molecule has 1 fully saturated rings. The van der Waals surface area contributed by atoms with Crippen molar-refractivity contribution in [3.8, 4) is 0 Å². The Morgan fingerprint density at radius 2 is 2.29 bits per heavy atom. The lowest BCUT2D eigenvalue weighted by molar-refractivity contribution is -0.146. The Morgan fingerprint density at radius 3 is 2.71 bits per heavy atom. The Morgan fingerprint density at radius 1 is 1.64 bits per heavy atom. The van der Waals surface area contributed by atoms with Gasteiger partial charge in [-0.05, 0) is 33.7 Å². The monoisotopic (exact) mass is 200 g/mol. The van der Waals surface area contributed by atoms with Gasteiger partial charge in [0, 0.05) is 18.6 Å². The molecular weight excluding hydrogens is 180 g/mol. The van der Waals surface area contributed by atoms with Crippen LogP contribution in [0.5, 0.6) is 0 Å². The second-order valence-corrected chi connectivity index (χ2v) is 5.03. The summed E-state index contributed by atoms with van der Waals surface area (Å²) >= 11 is 0. The van der Waals surface area contributed by atoms with Gasteiger partial charge in [-0.3, -0.25) is 4.79 Å². The van der Waals surface area contributed by atoms with Gasteiger partial charge in [-0.1, -0.05) is 0 Å². The molecule has 1 unspecified atom stereocenters. The third kappa shape index (κ3) is 2.69. The number of hydrogen-bond donors (Lipinski definition) is 3. The Labute approximate surface area is 85.1 Å².